The Kier molecular flexibility index (Phi) is 7.48. The van der Waals surface area contributed by atoms with Gasteiger partial charge in [0.1, 0.15) is 0 Å². The largest absolute Gasteiger partial charge is 0.490 e. The van der Waals surface area contributed by atoms with Crippen LogP contribution in [-0.2, 0) is 4.74 Å². The molecule has 0 bridgehead atoms. The molecule has 0 aliphatic carbocycles. The molecule has 0 aromatic heterocycles. The lowest BCUT2D eigenvalue weighted by Gasteiger charge is -2.17. The summed E-state index contributed by atoms with van der Waals surface area (Å²) in [6.07, 6.45) is -0.937. The minimum atomic E-state index is -0.937. The Hall–Kier alpha value is -1.99. The fraction of sp³-hybridized carbons (Fsp3) is 0.533. The summed E-state index contributed by atoms with van der Waals surface area (Å²) in [6, 6.07) is 3.15. The smallest absolute Gasteiger partial charge is 0.340 e. The zero-order valence-corrected chi connectivity index (χ0v) is 13.1. The highest BCUT2D eigenvalue weighted by molar-refractivity contribution is 5.96. The van der Waals surface area contributed by atoms with Crippen molar-refractivity contribution in [3.63, 3.8) is 0 Å². The summed E-state index contributed by atoms with van der Waals surface area (Å²) in [5, 5.41) is 21.2. The Labute approximate surface area is 129 Å². The number of esters is 1. The van der Waals surface area contributed by atoms with Gasteiger partial charge >= 0.3 is 5.97 Å². The molecule has 0 spiro atoms. The van der Waals surface area contributed by atoms with Crippen LogP contribution < -0.4 is 14.8 Å². The van der Waals surface area contributed by atoms with E-state index >= 15 is 0 Å². The van der Waals surface area contributed by atoms with Gasteiger partial charge in [0.2, 0.25) is 0 Å². The van der Waals surface area contributed by atoms with E-state index in [1.54, 1.807) is 6.07 Å². The van der Waals surface area contributed by atoms with Gasteiger partial charge in [0.15, 0.2) is 11.5 Å². The lowest BCUT2D eigenvalue weighted by atomic mass is 10.1. The number of aliphatic hydroxyl groups excluding tert-OH is 2. The molecule has 124 valence electrons. The summed E-state index contributed by atoms with van der Waals surface area (Å²) >= 11 is 0. The van der Waals surface area contributed by atoms with Crippen molar-refractivity contribution in [2.45, 2.75) is 20.0 Å². The maximum atomic E-state index is 11.9. The highest BCUT2D eigenvalue weighted by Crippen LogP contribution is 2.34. The molecule has 0 amide bonds. The van der Waals surface area contributed by atoms with Gasteiger partial charge in [-0.1, -0.05) is 0 Å². The van der Waals surface area contributed by atoms with Crippen LogP contribution in [-0.4, -0.2) is 55.8 Å². The van der Waals surface area contributed by atoms with Crippen LogP contribution in [0.25, 0.3) is 0 Å². The molecule has 0 radical (unpaired) electrons. The normalized spacial score (nSPS) is 11.7. The second-order valence-electron chi connectivity index (χ2n) is 4.42. The number of hydrogen-bond donors (Lipinski definition) is 3. The van der Waals surface area contributed by atoms with Crippen molar-refractivity contribution in [1.29, 1.82) is 0 Å². The van der Waals surface area contributed by atoms with Crippen LogP contribution in [0, 0.1) is 0 Å². The quantitative estimate of drug-likeness (QED) is 0.586. The van der Waals surface area contributed by atoms with E-state index in [1.165, 1.54) is 13.2 Å². The molecule has 1 aromatic carbocycles. The number of nitrogens with one attached hydrogen (secondary N) is 1. The molecule has 1 unspecified atom stereocenters. The Morgan fingerprint density at radius 3 is 2.32 bits per heavy atom. The Morgan fingerprint density at radius 1 is 1.23 bits per heavy atom. The van der Waals surface area contributed by atoms with E-state index in [1.807, 2.05) is 13.8 Å². The molecule has 0 aliphatic heterocycles. The zero-order chi connectivity index (χ0) is 16.5. The van der Waals surface area contributed by atoms with E-state index in [2.05, 4.69) is 5.32 Å². The van der Waals surface area contributed by atoms with Gasteiger partial charge in [-0.05, 0) is 13.8 Å². The minimum Gasteiger partial charge on any atom is -0.490 e. The fourth-order valence-corrected chi connectivity index (χ4v) is 1.81. The maximum Gasteiger partial charge on any atom is 0.340 e. The van der Waals surface area contributed by atoms with Gasteiger partial charge in [-0.2, -0.15) is 0 Å². The van der Waals surface area contributed by atoms with Crippen LogP contribution in [0.1, 0.15) is 24.2 Å². The molecule has 0 heterocycles. The highest BCUT2D eigenvalue weighted by atomic mass is 16.5. The Bertz CT molecular complexity index is 491. The topological polar surface area (TPSA) is 97.2 Å². The first-order valence-corrected chi connectivity index (χ1v) is 7.12. The number of anilines is 1. The molecule has 1 aromatic rings. The molecular weight excluding hydrogens is 290 g/mol. The van der Waals surface area contributed by atoms with E-state index in [0.717, 1.165) is 0 Å². The molecule has 1 atom stereocenters. The van der Waals surface area contributed by atoms with Gasteiger partial charge in [-0.25, -0.2) is 4.79 Å². The van der Waals surface area contributed by atoms with Gasteiger partial charge in [-0.15, -0.1) is 0 Å². The van der Waals surface area contributed by atoms with Crippen molar-refractivity contribution < 1.29 is 29.2 Å². The van der Waals surface area contributed by atoms with Crippen molar-refractivity contribution in [1.82, 2.24) is 0 Å². The predicted octanol–water partition coefficient (Wildman–Crippen LogP) is 1.04. The number of aliphatic hydroxyl groups is 2. The summed E-state index contributed by atoms with van der Waals surface area (Å²) in [4.78, 5) is 11.9. The number of carbonyl (C=O) groups excluding carboxylic acids is 1. The lowest BCUT2D eigenvalue weighted by Crippen LogP contribution is -2.24. The van der Waals surface area contributed by atoms with Crippen LogP contribution in [0.2, 0.25) is 0 Å². The Balaban J connectivity index is 3.18. The molecule has 0 aliphatic rings. The standard InChI is InChI=1S/C15H23NO6/c1-4-21-13-6-11(15(19)20-3)12(7-14(13)22-5-2)16-8-10(18)9-17/h6-7,10,16-18H,4-5,8-9H2,1-3H3. The molecule has 0 saturated carbocycles. The third-order valence-electron chi connectivity index (χ3n) is 2.83. The average Bonchev–Trinajstić information content (AvgIpc) is 2.53. The van der Waals surface area contributed by atoms with E-state index < -0.39 is 12.1 Å². The molecule has 22 heavy (non-hydrogen) atoms. The summed E-state index contributed by atoms with van der Waals surface area (Å²) in [7, 11) is 1.28. The van der Waals surface area contributed by atoms with Crippen LogP contribution in [0.5, 0.6) is 11.5 Å². The first-order chi connectivity index (χ1) is 10.6. The highest BCUT2D eigenvalue weighted by Gasteiger charge is 2.18. The molecule has 7 nitrogen and oxygen atoms in total. The van der Waals surface area contributed by atoms with Crippen LogP contribution in [0.4, 0.5) is 5.69 Å². The average molecular weight is 313 g/mol. The molecule has 1 rings (SSSR count). The maximum absolute atomic E-state index is 11.9. The third kappa shape index (κ3) is 4.78. The number of carbonyl (C=O) groups is 1. The second kappa shape index (κ2) is 9.11. The SMILES string of the molecule is CCOc1cc(NCC(O)CO)c(C(=O)OC)cc1OCC. The van der Waals surface area contributed by atoms with Gasteiger partial charge in [0.25, 0.3) is 0 Å². The van der Waals surface area contributed by atoms with Crippen molar-refractivity contribution in [3.05, 3.63) is 17.7 Å². The molecule has 0 saturated heterocycles. The van der Waals surface area contributed by atoms with Crippen LogP contribution in [0.3, 0.4) is 0 Å². The van der Waals surface area contributed by atoms with Gasteiger partial charge in [0, 0.05) is 18.7 Å². The number of rotatable bonds is 9. The second-order valence-corrected chi connectivity index (χ2v) is 4.42. The first-order valence-electron chi connectivity index (χ1n) is 7.12. The molecule has 0 fully saturated rings. The van der Waals surface area contributed by atoms with E-state index in [9.17, 15) is 9.90 Å². The number of methoxy groups -OCH3 is 1. The van der Waals surface area contributed by atoms with Crippen molar-refractivity contribution in [3.8, 4) is 11.5 Å². The summed E-state index contributed by atoms with van der Waals surface area (Å²) < 4.78 is 15.7. The monoisotopic (exact) mass is 313 g/mol. The summed E-state index contributed by atoms with van der Waals surface area (Å²) in [5.74, 6) is 0.390. The number of hydrogen-bond acceptors (Lipinski definition) is 7. The molecular formula is C15H23NO6. The lowest BCUT2D eigenvalue weighted by molar-refractivity contribution is 0.0601. The van der Waals surface area contributed by atoms with E-state index in [-0.39, 0.29) is 18.7 Å². The van der Waals surface area contributed by atoms with Crippen molar-refractivity contribution in [2.75, 3.05) is 38.8 Å². The first kappa shape index (κ1) is 18.1. The molecule has 7 heteroatoms. The zero-order valence-electron chi connectivity index (χ0n) is 13.1. The predicted molar refractivity (Wildman–Crippen MR) is 81.7 cm³/mol. The number of benzene rings is 1. The third-order valence-corrected chi connectivity index (χ3v) is 2.83. The van der Waals surface area contributed by atoms with Gasteiger partial charge in [-0.3, -0.25) is 0 Å². The van der Waals surface area contributed by atoms with Crippen LogP contribution >= 0.6 is 0 Å². The van der Waals surface area contributed by atoms with Gasteiger partial charge in [0.05, 0.1) is 44.3 Å². The van der Waals surface area contributed by atoms with Crippen molar-refractivity contribution in [2.24, 2.45) is 0 Å². The van der Waals surface area contributed by atoms with E-state index in [4.69, 9.17) is 19.3 Å². The van der Waals surface area contributed by atoms with E-state index in [0.29, 0.717) is 30.4 Å². The summed E-state index contributed by atoms with van der Waals surface area (Å²) in [5.41, 5.74) is 0.700. The van der Waals surface area contributed by atoms with Gasteiger partial charge < -0.3 is 29.7 Å². The minimum absolute atomic E-state index is 0.0834. The van der Waals surface area contributed by atoms with Crippen LogP contribution in [0.15, 0.2) is 12.1 Å². The number of ether oxygens (including phenoxy) is 3. The van der Waals surface area contributed by atoms with Crippen molar-refractivity contribution >= 4 is 11.7 Å². The summed E-state index contributed by atoms with van der Waals surface area (Å²) in [6.45, 7) is 4.24. The fourth-order valence-electron chi connectivity index (χ4n) is 1.81. The Morgan fingerprint density at radius 2 is 1.82 bits per heavy atom. The molecule has 3 N–H and O–H groups in total.